The number of nitrogens with one attached hydrogen (secondary N) is 1. The molecule has 2 rings (SSSR count). The highest BCUT2D eigenvalue weighted by atomic mass is 35.5. The van der Waals surface area contributed by atoms with Gasteiger partial charge in [0, 0.05) is 16.6 Å². The summed E-state index contributed by atoms with van der Waals surface area (Å²) in [6, 6.07) is 8.20. The standard InChI is InChI=1S/C15H22ClNO/c1-2-11-17-12-7-9-15(18,10-8-12)13-5-3-4-6-14(13)16/h3-6,12,17-18H,2,7-11H2,1H3. The van der Waals surface area contributed by atoms with E-state index in [1.807, 2.05) is 24.3 Å². The molecule has 0 atom stereocenters. The Kier molecular flexibility index (Phi) is 4.66. The normalized spacial score (nSPS) is 28.3. The predicted molar refractivity (Wildman–Crippen MR) is 75.9 cm³/mol. The van der Waals surface area contributed by atoms with Crippen LogP contribution in [0.2, 0.25) is 5.02 Å². The van der Waals surface area contributed by atoms with Crippen LogP contribution in [0.3, 0.4) is 0 Å². The van der Waals surface area contributed by atoms with E-state index in [0.717, 1.165) is 44.2 Å². The lowest BCUT2D eigenvalue weighted by atomic mass is 9.77. The summed E-state index contributed by atoms with van der Waals surface area (Å²) in [6.07, 6.45) is 4.77. The van der Waals surface area contributed by atoms with Crippen LogP contribution < -0.4 is 5.32 Å². The highest BCUT2D eigenvalue weighted by Crippen LogP contribution is 2.39. The minimum Gasteiger partial charge on any atom is -0.385 e. The Labute approximate surface area is 114 Å². The van der Waals surface area contributed by atoms with E-state index in [1.165, 1.54) is 0 Å². The summed E-state index contributed by atoms with van der Waals surface area (Å²) < 4.78 is 0. The van der Waals surface area contributed by atoms with Crippen LogP contribution in [0, 0.1) is 0 Å². The molecule has 3 heteroatoms. The fraction of sp³-hybridized carbons (Fsp3) is 0.600. The predicted octanol–water partition coefficient (Wildman–Crippen LogP) is 3.47. The molecule has 1 aromatic carbocycles. The Morgan fingerprint density at radius 2 is 2.00 bits per heavy atom. The van der Waals surface area contributed by atoms with Crippen LogP contribution in [0.1, 0.15) is 44.6 Å². The number of halogens is 1. The van der Waals surface area contributed by atoms with Crippen molar-refractivity contribution in [1.29, 1.82) is 0 Å². The molecule has 0 radical (unpaired) electrons. The maximum atomic E-state index is 10.8. The first-order valence-corrected chi connectivity index (χ1v) is 7.24. The third-order valence-corrected chi connectivity index (χ3v) is 4.20. The number of benzene rings is 1. The second-order valence-corrected chi connectivity index (χ2v) is 5.65. The lowest BCUT2D eigenvalue weighted by Crippen LogP contribution is -2.40. The second kappa shape index (κ2) is 6.05. The highest BCUT2D eigenvalue weighted by molar-refractivity contribution is 6.31. The Balaban J connectivity index is 2.01. The zero-order valence-corrected chi connectivity index (χ0v) is 11.7. The van der Waals surface area contributed by atoms with E-state index in [0.29, 0.717) is 11.1 Å². The summed E-state index contributed by atoms with van der Waals surface area (Å²) >= 11 is 6.19. The van der Waals surface area contributed by atoms with Crippen molar-refractivity contribution < 1.29 is 5.11 Å². The quantitative estimate of drug-likeness (QED) is 0.876. The molecule has 0 bridgehead atoms. The van der Waals surface area contributed by atoms with E-state index in [9.17, 15) is 5.11 Å². The van der Waals surface area contributed by atoms with Crippen LogP contribution >= 0.6 is 11.6 Å². The van der Waals surface area contributed by atoms with Crippen molar-refractivity contribution in [3.05, 3.63) is 34.9 Å². The summed E-state index contributed by atoms with van der Waals surface area (Å²) in [6.45, 7) is 3.24. The van der Waals surface area contributed by atoms with Crippen molar-refractivity contribution >= 4 is 11.6 Å². The molecule has 2 nitrogen and oxygen atoms in total. The van der Waals surface area contributed by atoms with E-state index in [-0.39, 0.29) is 0 Å². The third-order valence-electron chi connectivity index (χ3n) is 3.87. The maximum Gasteiger partial charge on any atom is 0.0912 e. The molecule has 100 valence electrons. The van der Waals surface area contributed by atoms with Crippen molar-refractivity contribution in [3.8, 4) is 0 Å². The van der Waals surface area contributed by atoms with Gasteiger partial charge in [-0.15, -0.1) is 0 Å². The molecular formula is C15H22ClNO. The first kappa shape index (κ1) is 13.9. The van der Waals surface area contributed by atoms with Gasteiger partial charge in [-0.3, -0.25) is 0 Å². The largest absolute Gasteiger partial charge is 0.385 e. The molecule has 0 heterocycles. The fourth-order valence-corrected chi connectivity index (χ4v) is 3.07. The molecule has 18 heavy (non-hydrogen) atoms. The van der Waals surface area contributed by atoms with E-state index < -0.39 is 5.60 Å². The summed E-state index contributed by atoms with van der Waals surface area (Å²) in [7, 11) is 0. The average Bonchev–Trinajstić information content (AvgIpc) is 2.39. The van der Waals surface area contributed by atoms with Gasteiger partial charge in [0.1, 0.15) is 0 Å². The SMILES string of the molecule is CCCNC1CCC(O)(c2ccccc2Cl)CC1. The molecule has 1 saturated carbocycles. The van der Waals surface area contributed by atoms with Gasteiger partial charge < -0.3 is 10.4 Å². The molecule has 0 aliphatic heterocycles. The average molecular weight is 268 g/mol. The van der Waals surface area contributed by atoms with Crippen LogP contribution in [-0.4, -0.2) is 17.7 Å². The van der Waals surface area contributed by atoms with Crippen LogP contribution in [0.5, 0.6) is 0 Å². The van der Waals surface area contributed by atoms with Gasteiger partial charge in [0.2, 0.25) is 0 Å². The van der Waals surface area contributed by atoms with E-state index in [2.05, 4.69) is 12.2 Å². The van der Waals surface area contributed by atoms with Crippen LogP contribution in [-0.2, 0) is 5.60 Å². The molecule has 1 aliphatic carbocycles. The third kappa shape index (κ3) is 3.05. The fourth-order valence-electron chi connectivity index (χ4n) is 2.76. The molecule has 0 saturated heterocycles. The highest BCUT2D eigenvalue weighted by Gasteiger charge is 2.35. The van der Waals surface area contributed by atoms with Crippen molar-refractivity contribution in [2.45, 2.75) is 50.7 Å². The topological polar surface area (TPSA) is 32.3 Å². The van der Waals surface area contributed by atoms with Gasteiger partial charge in [0.05, 0.1) is 5.60 Å². The van der Waals surface area contributed by atoms with Crippen LogP contribution in [0.25, 0.3) is 0 Å². The lowest BCUT2D eigenvalue weighted by molar-refractivity contribution is -0.00816. The van der Waals surface area contributed by atoms with E-state index in [4.69, 9.17) is 11.6 Å². The minimum atomic E-state index is -0.733. The number of rotatable bonds is 4. The summed E-state index contributed by atoms with van der Waals surface area (Å²) in [4.78, 5) is 0. The van der Waals surface area contributed by atoms with Crippen molar-refractivity contribution in [2.75, 3.05) is 6.54 Å². The zero-order chi connectivity index (χ0) is 13.0. The smallest absolute Gasteiger partial charge is 0.0912 e. The Morgan fingerprint density at radius 1 is 1.33 bits per heavy atom. The van der Waals surface area contributed by atoms with Crippen LogP contribution in [0.4, 0.5) is 0 Å². The summed E-state index contributed by atoms with van der Waals surface area (Å²) in [5, 5.41) is 15.0. The molecule has 1 fully saturated rings. The van der Waals surface area contributed by atoms with Gasteiger partial charge in [-0.2, -0.15) is 0 Å². The minimum absolute atomic E-state index is 0.549. The Morgan fingerprint density at radius 3 is 2.61 bits per heavy atom. The molecule has 2 N–H and O–H groups in total. The zero-order valence-electron chi connectivity index (χ0n) is 11.0. The van der Waals surface area contributed by atoms with Crippen molar-refractivity contribution in [3.63, 3.8) is 0 Å². The van der Waals surface area contributed by atoms with Gasteiger partial charge in [0.15, 0.2) is 0 Å². The van der Waals surface area contributed by atoms with Gasteiger partial charge in [-0.25, -0.2) is 0 Å². The Bertz CT molecular complexity index is 386. The lowest BCUT2D eigenvalue weighted by Gasteiger charge is -2.37. The molecule has 0 unspecified atom stereocenters. The monoisotopic (exact) mass is 267 g/mol. The molecule has 0 aromatic heterocycles. The van der Waals surface area contributed by atoms with Gasteiger partial charge in [-0.1, -0.05) is 36.7 Å². The van der Waals surface area contributed by atoms with E-state index >= 15 is 0 Å². The van der Waals surface area contributed by atoms with Crippen LogP contribution in [0.15, 0.2) is 24.3 Å². The summed E-state index contributed by atoms with van der Waals surface area (Å²) in [5.74, 6) is 0. The van der Waals surface area contributed by atoms with Gasteiger partial charge >= 0.3 is 0 Å². The molecule has 0 amide bonds. The molecular weight excluding hydrogens is 246 g/mol. The molecule has 1 aromatic rings. The number of hydrogen-bond acceptors (Lipinski definition) is 2. The van der Waals surface area contributed by atoms with Crippen molar-refractivity contribution in [1.82, 2.24) is 5.32 Å². The number of hydrogen-bond donors (Lipinski definition) is 2. The van der Waals surface area contributed by atoms with Gasteiger partial charge in [0.25, 0.3) is 0 Å². The summed E-state index contributed by atoms with van der Waals surface area (Å²) in [5.41, 5.74) is 0.156. The van der Waals surface area contributed by atoms with Gasteiger partial charge in [-0.05, 0) is 44.7 Å². The van der Waals surface area contributed by atoms with E-state index in [1.54, 1.807) is 0 Å². The Hall–Kier alpha value is -0.570. The maximum absolute atomic E-state index is 10.8. The second-order valence-electron chi connectivity index (χ2n) is 5.24. The van der Waals surface area contributed by atoms with Crippen molar-refractivity contribution in [2.24, 2.45) is 0 Å². The number of aliphatic hydroxyl groups is 1. The first-order chi connectivity index (χ1) is 8.65. The molecule has 0 spiro atoms. The molecule has 1 aliphatic rings. The first-order valence-electron chi connectivity index (χ1n) is 6.86.